The number of Topliss-reactive ketones (excluding diaryl/α,β-unsaturated/α-hetero) is 1. The fraction of sp³-hybridized carbons (Fsp3) is 0.483. The van der Waals surface area contributed by atoms with Crippen LogP contribution in [-0.4, -0.2) is 75.6 Å². The minimum Gasteiger partial charge on any atom is -0.377 e. The number of guanidine groups is 1. The molecule has 2 aromatic rings. The number of amides is 1. The lowest BCUT2D eigenvalue weighted by Crippen LogP contribution is -2.53. The van der Waals surface area contributed by atoms with Crippen LogP contribution in [-0.2, 0) is 19.6 Å². The van der Waals surface area contributed by atoms with E-state index >= 15 is 0 Å². The monoisotopic (exact) mass is 615 g/mol. The number of carbonyl (C=O) groups excluding carboxylic acids is 2. The number of ketones is 1. The number of piperidine rings is 1. The summed E-state index contributed by atoms with van der Waals surface area (Å²) in [5, 5.41) is 5.98. The molecule has 0 aliphatic carbocycles. The van der Waals surface area contributed by atoms with Gasteiger partial charge in [0.2, 0.25) is 15.9 Å². The SMILES string of the molecule is CN(C)c1cccc2c(S(=O)(=O)N[C@@H](CCCN=C(N)N)C(=O)N3CCCC[C@@H]3CCC(=O)[C@H]3NC=CS3)cccc12. The number of hydrogen-bond donors (Lipinski definition) is 4. The van der Waals surface area contributed by atoms with Crippen molar-refractivity contribution in [3.63, 3.8) is 0 Å². The normalized spacial score (nSPS) is 19.3. The van der Waals surface area contributed by atoms with E-state index in [4.69, 9.17) is 11.5 Å². The number of rotatable bonds is 13. The first-order chi connectivity index (χ1) is 20.1. The average molecular weight is 616 g/mol. The summed E-state index contributed by atoms with van der Waals surface area (Å²) in [7, 11) is -0.284. The lowest BCUT2D eigenvalue weighted by atomic mass is 9.95. The summed E-state index contributed by atoms with van der Waals surface area (Å²) in [5.74, 6) is -0.257. The van der Waals surface area contributed by atoms with Crippen LogP contribution in [0.15, 0.2) is 57.9 Å². The average Bonchev–Trinajstić information content (AvgIpc) is 3.52. The third-order valence-electron chi connectivity index (χ3n) is 7.63. The maximum atomic E-state index is 14.0. The highest BCUT2D eigenvalue weighted by Crippen LogP contribution is 2.31. The predicted molar refractivity (Wildman–Crippen MR) is 170 cm³/mol. The molecule has 2 aliphatic heterocycles. The molecular formula is C29H41N7O4S2. The van der Waals surface area contributed by atoms with Gasteiger partial charge in [-0.2, -0.15) is 4.72 Å². The van der Waals surface area contributed by atoms with Crippen LogP contribution in [0.4, 0.5) is 5.69 Å². The molecule has 4 rings (SSSR count). The molecule has 0 radical (unpaired) electrons. The highest BCUT2D eigenvalue weighted by Gasteiger charge is 2.35. The summed E-state index contributed by atoms with van der Waals surface area (Å²) in [6.45, 7) is 0.786. The fourth-order valence-corrected chi connectivity index (χ4v) is 7.75. The van der Waals surface area contributed by atoms with Crippen LogP contribution in [0.5, 0.6) is 0 Å². The number of nitrogens with two attached hydrogens (primary N) is 2. The van der Waals surface area contributed by atoms with Crippen molar-refractivity contribution in [2.24, 2.45) is 16.5 Å². The zero-order valence-electron chi connectivity index (χ0n) is 24.2. The van der Waals surface area contributed by atoms with Crippen LogP contribution >= 0.6 is 11.8 Å². The van der Waals surface area contributed by atoms with E-state index < -0.39 is 16.1 Å². The molecule has 6 N–H and O–H groups in total. The number of aliphatic imine (C=N–C) groups is 1. The first-order valence-electron chi connectivity index (χ1n) is 14.2. The second-order valence-electron chi connectivity index (χ2n) is 10.8. The topological polar surface area (TPSA) is 163 Å². The summed E-state index contributed by atoms with van der Waals surface area (Å²) in [6.07, 6.45) is 5.81. The fourth-order valence-electron chi connectivity index (χ4n) is 5.56. The number of likely N-dealkylation sites (tertiary alicyclic amines) is 1. The molecule has 1 fully saturated rings. The van der Waals surface area contributed by atoms with E-state index in [-0.39, 0.29) is 46.9 Å². The van der Waals surface area contributed by atoms with Gasteiger partial charge in [0.1, 0.15) is 11.4 Å². The molecule has 0 unspecified atom stereocenters. The lowest BCUT2D eigenvalue weighted by molar-refractivity contribution is -0.137. The number of nitrogens with zero attached hydrogens (tertiary/aromatic N) is 3. The van der Waals surface area contributed by atoms with Gasteiger partial charge < -0.3 is 26.6 Å². The molecular weight excluding hydrogens is 574 g/mol. The molecule has 3 atom stereocenters. The summed E-state index contributed by atoms with van der Waals surface area (Å²) in [6, 6.07) is 9.54. The van der Waals surface area contributed by atoms with Gasteiger partial charge in [-0.05, 0) is 56.1 Å². The van der Waals surface area contributed by atoms with Gasteiger partial charge in [0, 0.05) is 62.3 Å². The van der Waals surface area contributed by atoms with Crippen molar-refractivity contribution < 1.29 is 18.0 Å². The number of anilines is 1. The van der Waals surface area contributed by atoms with Crippen molar-refractivity contribution in [1.82, 2.24) is 14.9 Å². The molecule has 0 saturated carbocycles. The minimum absolute atomic E-state index is 0.0585. The molecule has 1 amide bonds. The van der Waals surface area contributed by atoms with Gasteiger partial charge in [-0.3, -0.25) is 14.6 Å². The third-order valence-corrected chi connectivity index (χ3v) is 10.1. The number of fused-ring (bicyclic) bond motifs is 1. The summed E-state index contributed by atoms with van der Waals surface area (Å²) < 4.78 is 30.5. The van der Waals surface area contributed by atoms with E-state index in [1.807, 2.05) is 42.6 Å². The number of nitrogens with one attached hydrogen (secondary N) is 2. The predicted octanol–water partition coefficient (Wildman–Crippen LogP) is 2.47. The van der Waals surface area contributed by atoms with Crippen molar-refractivity contribution in [3.05, 3.63) is 48.0 Å². The molecule has 2 heterocycles. The maximum Gasteiger partial charge on any atom is 0.241 e. The first kappa shape index (κ1) is 31.6. The van der Waals surface area contributed by atoms with Crippen LogP contribution in [0, 0.1) is 0 Å². The Morgan fingerprint density at radius 3 is 2.64 bits per heavy atom. The van der Waals surface area contributed by atoms with Gasteiger partial charge in [-0.1, -0.05) is 36.0 Å². The summed E-state index contributed by atoms with van der Waals surface area (Å²) in [5.41, 5.74) is 11.8. The van der Waals surface area contributed by atoms with Crippen LogP contribution in [0.25, 0.3) is 10.8 Å². The van der Waals surface area contributed by atoms with Crippen molar-refractivity contribution in [3.8, 4) is 0 Å². The summed E-state index contributed by atoms with van der Waals surface area (Å²) >= 11 is 1.44. The molecule has 1 saturated heterocycles. The molecule has 13 heteroatoms. The second-order valence-corrected chi connectivity index (χ2v) is 13.5. The van der Waals surface area contributed by atoms with Crippen molar-refractivity contribution >= 4 is 55.9 Å². The largest absolute Gasteiger partial charge is 0.377 e. The van der Waals surface area contributed by atoms with Crippen LogP contribution in [0.2, 0.25) is 0 Å². The van der Waals surface area contributed by atoms with Crippen molar-refractivity contribution in [2.75, 3.05) is 32.1 Å². The molecule has 2 aromatic carbocycles. The van der Waals surface area contributed by atoms with Gasteiger partial charge >= 0.3 is 0 Å². The zero-order valence-corrected chi connectivity index (χ0v) is 25.8. The van der Waals surface area contributed by atoms with Gasteiger partial charge in [0.15, 0.2) is 11.7 Å². The standard InChI is InChI=1S/C29H41N7O4S2/c1-35(2)24-12-5-10-22-21(24)9-6-13-26(22)42(39,40)34-23(11-7-16-33-29(30)31)28(38)36-18-4-3-8-20(36)14-15-25(37)27-32-17-19-41-27/h5-6,9-10,12-13,17,19-20,23,27,32,34H,3-4,7-8,11,14-16,18H2,1-2H3,(H4,30,31,33)/t20-,23+,27+/m1/s1. The lowest BCUT2D eigenvalue weighted by Gasteiger charge is -2.38. The number of benzene rings is 2. The highest BCUT2D eigenvalue weighted by atomic mass is 32.2. The third kappa shape index (κ3) is 7.75. The highest BCUT2D eigenvalue weighted by molar-refractivity contribution is 8.03. The zero-order chi connectivity index (χ0) is 30.3. The van der Waals surface area contributed by atoms with E-state index in [9.17, 15) is 18.0 Å². The minimum atomic E-state index is -4.09. The van der Waals surface area contributed by atoms with E-state index in [0.29, 0.717) is 31.2 Å². The van der Waals surface area contributed by atoms with E-state index in [1.54, 1.807) is 29.3 Å². The van der Waals surface area contributed by atoms with Crippen molar-refractivity contribution in [2.45, 2.75) is 67.3 Å². The Labute approximate surface area is 252 Å². The van der Waals surface area contributed by atoms with Crippen LogP contribution in [0.1, 0.15) is 44.9 Å². The Bertz CT molecular complexity index is 1430. The number of sulfonamides is 1. The Balaban J connectivity index is 1.57. The van der Waals surface area contributed by atoms with E-state index in [2.05, 4.69) is 15.0 Å². The maximum absolute atomic E-state index is 14.0. The number of carbonyl (C=O) groups is 2. The first-order valence-corrected chi connectivity index (χ1v) is 16.7. The van der Waals surface area contributed by atoms with Crippen molar-refractivity contribution in [1.29, 1.82) is 0 Å². The number of thioether (sulfide) groups is 1. The summed E-state index contributed by atoms with van der Waals surface area (Å²) in [4.78, 5) is 34.6. The van der Waals surface area contributed by atoms with Gasteiger partial charge in [-0.15, -0.1) is 0 Å². The molecule has 0 bridgehead atoms. The van der Waals surface area contributed by atoms with Crippen LogP contribution < -0.4 is 26.4 Å². The number of hydrogen-bond acceptors (Lipinski definition) is 8. The van der Waals surface area contributed by atoms with E-state index in [0.717, 1.165) is 30.3 Å². The second kappa shape index (κ2) is 14.3. The molecule has 0 spiro atoms. The smallest absolute Gasteiger partial charge is 0.241 e. The Kier molecular flexibility index (Phi) is 10.7. The molecule has 11 nitrogen and oxygen atoms in total. The molecule has 0 aromatic heterocycles. The van der Waals surface area contributed by atoms with E-state index in [1.165, 1.54) is 11.8 Å². The van der Waals surface area contributed by atoms with Gasteiger partial charge in [0.05, 0.1) is 4.90 Å². The van der Waals surface area contributed by atoms with Crippen LogP contribution in [0.3, 0.4) is 0 Å². The molecule has 228 valence electrons. The Morgan fingerprint density at radius 1 is 1.17 bits per heavy atom. The molecule has 2 aliphatic rings. The van der Waals surface area contributed by atoms with Gasteiger partial charge in [-0.25, -0.2) is 8.42 Å². The molecule has 42 heavy (non-hydrogen) atoms. The Hall–Kier alpha value is -3.29. The Morgan fingerprint density at radius 2 is 1.93 bits per heavy atom. The quantitative estimate of drug-likeness (QED) is 0.151. The van der Waals surface area contributed by atoms with Gasteiger partial charge in [0.25, 0.3) is 0 Å².